The molecule has 0 saturated heterocycles. The van der Waals surface area contributed by atoms with Gasteiger partial charge in [-0.3, -0.25) is 0 Å². The molecule has 2 rings (SSSR count). The van der Waals surface area contributed by atoms with E-state index in [0.29, 0.717) is 22.9 Å². The van der Waals surface area contributed by atoms with Gasteiger partial charge in [0.25, 0.3) is 0 Å². The summed E-state index contributed by atoms with van der Waals surface area (Å²) in [6, 6.07) is 2.16. The number of nitrogens with two attached hydrogens (primary N) is 1. The number of nitrogen functional groups attached to an aromatic ring is 1. The third-order valence-corrected chi connectivity index (χ3v) is 4.07. The summed E-state index contributed by atoms with van der Waals surface area (Å²) in [5, 5.41) is 9.28. The Balaban J connectivity index is 2.13. The molecule has 0 unspecified atom stereocenters. The molecule has 2 heterocycles. The summed E-state index contributed by atoms with van der Waals surface area (Å²) < 4.78 is 1.99. The van der Waals surface area contributed by atoms with Gasteiger partial charge in [-0.25, -0.2) is 15.0 Å². The molecule has 21 heavy (non-hydrogen) atoms. The minimum absolute atomic E-state index is 0.440. The normalized spacial score (nSPS) is 10.9. The van der Waals surface area contributed by atoms with Crippen LogP contribution < -0.4 is 5.73 Å². The van der Waals surface area contributed by atoms with Gasteiger partial charge in [-0.2, -0.15) is 5.26 Å². The number of hydrogen-bond acceptors (Lipinski definition) is 6. The number of anilines is 1. The van der Waals surface area contributed by atoms with Crippen molar-refractivity contribution in [3.8, 4) is 6.07 Å². The molecule has 0 saturated carbocycles. The first-order valence-electron chi connectivity index (χ1n) is 7.24. The molecular weight excluding hydrogens is 284 g/mol. The van der Waals surface area contributed by atoms with Gasteiger partial charge in [-0.15, -0.1) is 0 Å². The molecule has 0 bridgehead atoms. The zero-order valence-corrected chi connectivity index (χ0v) is 13.1. The van der Waals surface area contributed by atoms with Crippen molar-refractivity contribution in [1.29, 1.82) is 5.26 Å². The number of fused-ring (bicyclic) bond motifs is 1. The first-order valence-corrected chi connectivity index (χ1v) is 8.23. The third-order valence-electron chi connectivity index (χ3n) is 3.14. The van der Waals surface area contributed by atoms with Crippen molar-refractivity contribution in [2.24, 2.45) is 0 Å². The van der Waals surface area contributed by atoms with Gasteiger partial charge in [-0.05, 0) is 19.3 Å². The number of thioether (sulfide) groups is 1. The number of nitriles is 1. The lowest BCUT2D eigenvalue weighted by Crippen LogP contribution is -2.02. The lowest BCUT2D eigenvalue weighted by Gasteiger charge is -2.05. The highest BCUT2D eigenvalue weighted by Gasteiger charge is 2.11. The first kappa shape index (κ1) is 15.6. The Morgan fingerprint density at radius 3 is 2.95 bits per heavy atom. The molecule has 6 nitrogen and oxygen atoms in total. The zero-order chi connectivity index (χ0) is 15.1. The second-order valence-corrected chi connectivity index (χ2v) is 5.88. The Bertz CT molecular complexity index is 630. The lowest BCUT2D eigenvalue weighted by molar-refractivity contribution is 0.623. The Labute approximate surface area is 128 Å². The van der Waals surface area contributed by atoms with E-state index >= 15 is 0 Å². The van der Waals surface area contributed by atoms with E-state index in [9.17, 15) is 0 Å². The number of unbranched alkanes of at least 4 members (excludes halogenated alkanes) is 3. The topological polar surface area (TPSA) is 93.4 Å². The second-order valence-electron chi connectivity index (χ2n) is 4.82. The van der Waals surface area contributed by atoms with Crippen LogP contribution in [-0.4, -0.2) is 25.3 Å². The van der Waals surface area contributed by atoms with E-state index in [1.54, 1.807) is 18.1 Å². The lowest BCUT2D eigenvalue weighted by atomic mass is 10.2. The van der Waals surface area contributed by atoms with Crippen molar-refractivity contribution in [3.05, 3.63) is 6.33 Å². The van der Waals surface area contributed by atoms with Crippen molar-refractivity contribution in [2.75, 3.05) is 11.5 Å². The summed E-state index contributed by atoms with van der Waals surface area (Å²) in [5.74, 6) is 1.44. The fraction of sp³-hybridized carbons (Fsp3) is 0.571. The van der Waals surface area contributed by atoms with Gasteiger partial charge >= 0.3 is 0 Å². The number of imidazole rings is 1. The number of aromatic nitrogens is 4. The largest absolute Gasteiger partial charge is 0.382 e. The van der Waals surface area contributed by atoms with E-state index in [-0.39, 0.29) is 0 Å². The summed E-state index contributed by atoms with van der Waals surface area (Å²) in [6.07, 6.45) is 6.45. The quantitative estimate of drug-likeness (QED) is 0.458. The van der Waals surface area contributed by atoms with Gasteiger partial charge in [0.05, 0.1) is 12.4 Å². The highest BCUT2D eigenvalue weighted by Crippen LogP contribution is 2.22. The monoisotopic (exact) mass is 304 g/mol. The molecule has 0 spiro atoms. The number of aryl methyl sites for hydroxylation is 1. The number of hydrogen-bond donors (Lipinski definition) is 1. The van der Waals surface area contributed by atoms with Gasteiger partial charge in [0, 0.05) is 18.7 Å². The van der Waals surface area contributed by atoms with Crippen LogP contribution in [0.15, 0.2) is 11.5 Å². The van der Waals surface area contributed by atoms with Crippen LogP contribution in [0.1, 0.15) is 39.0 Å². The van der Waals surface area contributed by atoms with Crippen LogP contribution in [0.2, 0.25) is 0 Å². The van der Waals surface area contributed by atoms with Gasteiger partial charge in [0.15, 0.2) is 16.6 Å². The molecule has 112 valence electrons. The fourth-order valence-corrected chi connectivity index (χ4v) is 2.90. The molecule has 0 radical (unpaired) electrons. The van der Waals surface area contributed by atoms with Crippen molar-refractivity contribution < 1.29 is 0 Å². The number of rotatable bonds is 8. The second kappa shape index (κ2) is 7.84. The van der Waals surface area contributed by atoms with E-state index in [4.69, 9.17) is 11.0 Å². The van der Waals surface area contributed by atoms with E-state index in [0.717, 1.165) is 43.6 Å². The third kappa shape index (κ3) is 4.08. The van der Waals surface area contributed by atoms with E-state index in [1.165, 1.54) is 0 Å². The Morgan fingerprint density at radius 1 is 1.33 bits per heavy atom. The smallest absolute Gasteiger partial charge is 0.191 e. The van der Waals surface area contributed by atoms with Crippen LogP contribution in [0.25, 0.3) is 11.2 Å². The molecule has 0 aromatic carbocycles. The van der Waals surface area contributed by atoms with Crippen molar-refractivity contribution >= 4 is 28.7 Å². The predicted molar refractivity (Wildman–Crippen MR) is 84.8 cm³/mol. The van der Waals surface area contributed by atoms with Crippen LogP contribution in [-0.2, 0) is 6.54 Å². The fourth-order valence-electron chi connectivity index (χ4n) is 1.97. The molecule has 0 atom stereocenters. The predicted octanol–water partition coefficient (Wildman–Crippen LogP) is 2.99. The minimum atomic E-state index is 0.440. The summed E-state index contributed by atoms with van der Waals surface area (Å²) in [5.41, 5.74) is 7.42. The number of nitrogens with zero attached hydrogens (tertiary/aromatic N) is 5. The first-order chi connectivity index (χ1) is 10.3. The van der Waals surface area contributed by atoms with Gasteiger partial charge < -0.3 is 10.3 Å². The van der Waals surface area contributed by atoms with Gasteiger partial charge in [0.2, 0.25) is 0 Å². The summed E-state index contributed by atoms with van der Waals surface area (Å²) >= 11 is 1.63. The molecule has 0 aliphatic rings. The van der Waals surface area contributed by atoms with Crippen molar-refractivity contribution in [3.63, 3.8) is 0 Å². The van der Waals surface area contributed by atoms with Gasteiger partial charge in [0.1, 0.15) is 5.52 Å². The Kier molecular flexibility index (Phi) is 5.81. The summed E-state index contributed by atoms with van der Waals surface area (Å²) in [6.45, 7) is 2.96. The maximum Gasteiger partial charge on any atom is 0.191 e. The molecule has 0 fully saturated rings. The molecule has 0 aliphatic carbocycles. The molecule has 2 N–H and O–H groups in total. The van der Waals surface area contributed by atoms with E-state index < -0.39 is 0 Å². The molecule has 0 aliphatic heterocycles. The van der Waals surface area contributed by atoms with Crippen LogP contribution in [0, 0.1) is 11.3 Å². The van der Waals surface area contributed by atoms with Crippen LogP contribution in [0.3, 0.4) is 0 Å². The van der Waals surface area contributed by atoms with Crippen LogP contribution in [0.4, 0.5) is 5.82 Å². The van der Waals surface area contributed by atoms with Crippen LogP contribution >= 0.6 is 11.8 Å². The minimum Gasteiger partial charge on any atom is -0.382 e. The standard InChI is InChI=1S/C14H20N6S/c1-2-3-9-21-14-18-12(16)11-13(19-14)20(10-17-11)8-6-4-5-7-15/h10H,2-6,8-9H2,1H3,(H2,16,18,19). The SMILES string of the molecule is CCCCSc1nc(N)c2ncn(CCCCC#N)c2n1. The highest BCUT2D eigenvalue weighted by atomic mass is 32.2. The summed E-state index contributed by atoms with van der Waals surface area (Å²) in [7, 11) is 0. The Morgan fingerprint density at radius 2 is 2.19 bits per heavy atom. The van der Waals surface area contributed by atoms with Gasteiger partial charge in [-0.1, -0.05) is 25.1 Å². The molecule has 0 amide bonds. The van der Waals surface area contributed by atoms with Crippen molar-refractivity contribution in [2.45, 2.75) is 50.7 Å². The van der Waals surface area contributed by atoms with Crippen LogP contribution in [0.5, 0.6) is 0 Å². The maximum absolute atomic E-state index is 8.56. The molecule has 7 heteroatoms. The van der Waals surface area contributed by atoms with E-state index in [1.807, 2.05) is 4.57 Å². The average Bonchev–Trinajstić information content (AvgIpc) is 2.88. The molecule has 2 aromatic heterocycles. The zero-order valence-electron chi connectivity index (χ0n) is 12.2. The van der Waals surface area contributed by atoms with Crippen molar-refractivity contribution in [1.82, 2.24) is 19.5 Å². The molecule has 2 aromatic rings. The average molecular weight is 304 g/mol. The maximum atomic E-state index is 8.56. The molecular formula is C14H20N6S. The highest BCUT2D eigenvalue weighted by molar-refractivity contribution is 7.99. The van der Waals surface area contributed by atoms with E-state index in [2.05, 4.69) is 27.9 Å². The Hall–Kier alpha value is -1.81. The summed E-state index contributed by atoms with van der Waals surface area (Å²) in [4.78, 5) is 13.2.